The lowest BCUT2D eigenvalue weighted by Crippen LogP contribution is -2.35. The molecule has 70 valence electrons. The summed E-state index contributed by atoms with van der Waals surface area (Å²) in [6.07, 6.45) is -1.40. The molecule has 0 spiro atoms. The van der Waals surface area contributed by atoms with Crippen molar-refractivity contribution in [2.75, 3.05) is 6.54 Å². The van der Waals surface area contributed by atoms with Crippen LogP contribution < -0.4 is 5.32 Å². The molecule has 0 amide bonds. The molecule has 3 heteroatoms. The molecule has 0 aliphatic carbocycles. The minimum absolute atomic E-state index is 0.144. The molecule has 1 aromatic carbocycles. The maximum absolute atomic E-state index is 12.5. The molecule has 1 heterocycles. The summed E-state index contributed by atoms with van der Waals surface area (Å²) in [6, 6.07) is 6.88. The first-order valence-corrected chi connectivity index (χ1v) is 4.39. The van der Waals surface area contributed by atoms with E-state index in [-0.39, 0.29) is 11.6 Å². The second-order valence-corrected chi connectivity index (χ2v) is 3.22. The van der Waals surface area contributed by atoms with E-state index >= 15 is 0 Å². The first-order chi connectivity index (χ1) is 6.29. The van der Waals surface area contributed by atoms with Gasteiger partial charge in [-0.25, -0.2) is 8.78 Å². The van der Waals surface area contributed by atoms with Gasteiger partial charge in [-0.3, -0.25) is 0 Å². The lowest BCUT2D eigenvalue weighted by Gasteiger charge is -2.29. The fourth-order valence-electron chi connectivity index (χ4n) is 1.58. The van der Waals surface area contributed by atoms with E-state index < -0.39 is 6.43 Å². The van der Waals surface area contributed by atoms with Crippen molar-refractivity contribution in [3.63, 3.8) is 0 Å². The molecule has 1 atom stereocenters. The van der Waals surface area contributed by atoms with E-state index in [4.69, 9.17) is 0 Å². The van der Waals surface area contributed by atoms with E-state index in [0.29, 0.717) is 0 Å². The van der Waals surface area contributed by atoms with E-state index in [1.807, 2.05) is 0 Å². The van der Waals surface area contributed by atoms with Gasteiger partial charge in [0.15, 0.2) is 0 Å². The summed E-state index contributed by atoms with van der Waals surface area (Å²) >= 11 is 0. The highest BCUT2D eigenvalue weighted by atomic mass is 19.3. The number of alkyl halides is 2. The molecule has 1 aliphatic heterocycles. The Morgan fingerprint density at radius 1 is 1.31 bits per heavy atom. The Kier molecular flexibility index (Phi) is 2.27. The van der Waals surface area contributed by atoms with Crippen LogP contribution in [-0.2, 0) is 0 Å². The lowest BCUT2D eigenvalue weighted by molar-refractivity contribution is 0.148. The molecule has 2 rings (SSSR count). The molecule has 1 aromatic rings. The van der Waals surface area contributed by atoms with Crippen molar-refractivity contribution in [3.8, 4) is 0 Å². The highest BCUT2D eigenvalue weighted by molar-refractivity contribution is 5.32. The first-order valence-electron chi connectivity index (χ1n) is 4.39. The van der Waals surface area contributed by atoms with E-state index in [2.05, 4.69) is 5.32 Å². The second-order valence-electron chi connectivity index (χ2n) is 3.22. The third-order valence-corrected chi connectivity index (χ3v) is 2.43. The Balaban J connectivity index is 2.31. The van der Waals surface area contributed by atoms with Crippen LogP contribution in [0.1, 0.15) is 30.0 Å². The van der Waals surface area contributed by atoms with Crippen molar-refractivity contribution in [1.29, 1.82) is 0 Å². The average molecular weight is 183 g/mol. The molecule has 1 saturated heterocycles. The largest absolute Gasteiger partial charge is 0.310 e. The third kappa shape index (κ3) is 1.56. The van der Waals surface area contributed by atoms with E-state index in [1.54, 1.807) is 18.2 Å². The third-order valence-electron chi connectivity index (χ3n) is 2.43. The Labute approximate surface area is 75.8 Å². The molecular weight excluding hydrogens is 172 g/mol. The topological polar surface area (TPSA) is 12.0 Å². The highest BCUT2D eigenvalue weighted by Crippen LogP contribution is 2.31. The summed E-state index contributed by atoms with van der Waals surface area (Å²) < 4.78 is 25.0. The Morgan fingerprint density at radius 3 is 2.54 bits per heavy atom. The van der Waals surface area contributed by atoms with Gasteiger partial charge in [0, 0.05) is 11.6 Å². The molecule has 0 radical (unpaired) electrons. The van der Waals surface area contributed by atoms with Crippen LogP contribution in [0.3, 0.4) is 0 Å². The standard InChI is InChI=1S/C10H11F2N/c11-10(12)8-4-2-1-3-7(8)9-5-6-13-9/h1-4,9-10,13H,5-6H2/t9-/m0/s1. The van der Waals surface area contributed by atoms with Crippen LogP contribution in [0, 0.1) is 0 Å². The molecule has 1 nitrogen and oxygen atoms in total. The molecule has 0 bridgehead atoms. The average Bonchev–Trinajstić information content (AvgIpc) is 2.02. The van der Waals surface area contributed by atoms with Crippen molar-refractivity contribution in [1.82, 2.24) is 5.32 Å². The summed E-state index contributed by atoms with van der Waals surface area (Å²) in [5.74, 6) is 0. The number of hydrogen-bond donors (Lipinski definition) is 1. The van der Waals surface area contributed by atoms with Crippen LogP contribution in [0.25, 0.3) is 0 Å². The number of rotatable bonds is 2. The normalized spacial score (nSPS) is 21.6. The molecule has 0 unspecified atom stereocenters. The van der Waals surface area contributed by atoms with Gasteiger partial charge in [0.25, 0.3) is 6.43 Å². The van der Waals surface area contributed by atoms with Crippen molar-refractivity contribution >= 4 is 0 Å². The maximum atomic E-state index is 12.5. The molecular formula is C10H11F2N. The number of nitrogens with one attached hydrogen (secondary N) is 1. The Bertz CT molecular complexity index is 295. The van der Waals surface area contributed by atoms with Gasteiger partial charge in [-0.15, -0.1) is 0 Å². The van der Waals surface area contributed by atoms with Crippen molar-refractivity contribution in [2.24, 2.45) is 0 Å². The van der Waals surface area contributed by atoms with Gasteiger partial charge >= 0.3 is 0 Å². The molecule has 0 aromatic heterocycles. The van der Waals surface area contributed by atoms with Crippen LogP contribution >= 0.6 is 0 Å². The van der Waals surface area contributed by atoms with Gasteiger partial charge in [-0.2, -0.15) is 0 Å². The first kappa shape index (κ1) is 8.63. The van der Waals surface area contributed by atoms with Gasteiger partial charge in [0.1, 0.15) is 0 Å². The fraction of sp³-hybridized carbons (Fsp3) is 0.400. The Hall–Kier alpha value is -0.960. The summed E-state index contributed by atoms with van der Waals surface area (Å²) in [5.41, 5.74) is 0.920. The van der Waals surface area contributed by atoms with Crippen LogP contribution in [0.15, 0.2) is 24.3 Å². The van der Waals surface area contributed by atoms with Crippen LogP contribution in [0.2, 0.25) is 0 Å². The van der Waals surface area contributed by atoms with Gasteiger partial charge in [-0.1, -0.05) is 24.3 Å². The summed E-state index contributed by atoms with van der Waals surface area (Å²) in [5, 5.41) is 3.12. The van der Waals surface area contributed by atoms with Crippen LogP contribution in [-0.4, -0.2) is 6.54 Å². The Morgan fingerprint density at radius 2 is 2.00 bits per heavy atom. The van der Waals surface area contributed by atoms with Crippen molar-refractivity contribution in [2.45, 2.75) is 18.9 Å². The van der Waals surface area contributed by atoms with Gasteiger partial charge in [0.05, 0.1) is 0 Å². The molecule has 1 N–H and O–H groups in total. The van der Waals surface area contributed by atoms with E-state index in [1.165, 1.54) is 6.07 Å². The van der Waals surface area contributed by atoms with E-state index in [0.717, 1.165) is 18.5 Å². The van der Waals surface area contributed by atoms with E-state index in [9.17, 15) is 8.78 Å². The van der Waals surface area contributed by atoms with Gasteiger partial charge in [0.2, 0.25) is 0 Å². The number of benzene rings is 1. The predicted molar refractivity (Wildman–Crippen MR) is 46.8 cm³/mol. The fourth-order valence-corrected chi connectivity index (χ4v) is 1.58. The van der Waals surface area contributed by atoms with Gasteiger partial charge < -0.3 is 5.32 Å². The number of halogens is 2. The zero-order chi connectivity index (χ0) is 9.26. The SMILES string of the molecule is FC(F)c1ccccc1[C@@H]1CCN1. The second kappa shape index (κ2) is 3.42. The maximum Gasteiger partial charge on any atom is 0.264 e. The molecule has 1 fully saturated rings. The summed E-state index contributed by atoms with van der Waals surface area (Å²) in [4.78, 5) is 0. The smallest absolute Gasteiger partial charge is 0.264 e. The minimum Gasteiger partial charge on any atom is -0.310 e. The zero-order valence-electron chi connectivity index (χ0n) is 7.13. The molecule has 13 heavy (non-hydrogen) atoms. The predicted octanol–water partition coefficient (Wildman–Crippen LogP) is 2.66. The van der Waals surface area contributed by atoms with Crippen LogP contribution in [0.5, 0.6) is 0 Å². The monoisotopic (exact) mass is 183 g/mol. The molecule has 1 aliphatic rings. The van der Waals surface area contributed by atoms with Gasteiger partial charge in [-0.05, 0) is 18.5 Å². The molecule has 0 saturated carbocycles. The minimum atomic E-state index is -2.36. The highest BCUT2D eigenvalue weighted by Gasteiger charge is 2.23. The van der Waals surface area contributed by atoms with Crippen LogP contribution in [0.4, 0.5) is 8.78 Å². The quantitative estimate of drug-likeness (QED) is 0.743. The van der Waals surface area contributed by atoms with Crippen molar-refractivity contribution in [3.05, 3.63) is 35.4 Å². The number of hydrogen-bond acceptors (Lipinski definition) is 1. The zero-order valence-corrected chi connectivity index (χ0v) is 7.13. The van der Waals surface area contributed by atoms with Crippen molar-refractivity contribution < 1.29 is 8.78 Å². The summed E-state index contributed by atoms with van der Waals surface area (Å²) in [7, 11) is 0. The lowest BCUT2D eigenvalue weighted by atomic mass is 9.94. The summed E-state index contributed by atoms with van der Waals surface area (Å²) in [6.45, 7) is 0.933.